The van der Waals surface area contributed by atoms with Gasteiger partial charge < -0.3 is 15.5 Å². The molecule has 0 aliphatic heterocycles. The summed E-state index contributed by atoms with van der Waals surface area (Å²) in [6, 6.07) is 4.72. The molecule has 1 aromatic rings. The molecule has 2 N–H and O–H groups in total. The molecule has 0 bridgehead atoms. The van der Waals surface area contributed by atoms with Gasteiger partial charge in [-0.15, -0.1) is 0 Å². The zero-order valence-corrected chi connectivity index (χ0v) is 12.5. The monoisotopic (exact) mass is 281 g/mol. The third-order valence-corrected chi connectivity index (χ3v) is 3.05. The molecule has 112 valence electrons. The van der Waals surface area contributed by atoms with Gasteiger partial charge in [0.25, 0.3) is 0 Å². The lowest BCUT2D eigenvalue weighted by molar-refractivity contribution is -0.119. The van der Waals surface area contributed by atoms with Crippen molar-refractivity contribution >= 4 is 11.6 Å². The SMILES string of the molecule is CCCN(CC(=O)NC)c1ccc(F)cc1CNCC. The minimum absolute atomic E-state index is 0.0443. The zero-order valence-electron chi connectivity index (χ0n) is 12.5. The topological polar surface area (TPSA) is 44.4 Å². The van der Waals surface area contributed by atoms with Crippen molar-refractivity contribution in [1.29, 1.82) is 0 Å². The molecule has 5 heteroatoms. The smallest absolute Gasteiger partial charge is 0.239 e. The summed E-state index contributed by atoms with van der Waals surface area (Å²) in [6.45, 7) is 6.53. The number of nitrogens with zero attached hydrogens (tertiary/aromatic N) is 1. The van der Waals surface area contributed by atoms with E-state index < -0.39 is 0 Å². The minimum Gasteiger partial charge on any atom is -0.362 e. The van der Waals surface area contributed by atoms with E-state index in [1.165, 1.54) is 12.1 Å². The molecule has 1 rings (SSSR count). The third-order valence-electron chi connectivity index (χ3n) is 3.05. The van der Waals surface area contributed by atoms with Crippen molar-refractivity contribution in [3.8, 4) is 0 Å². The van der Waals surface area contributed by atoms with Crippen molar-refractivity contribution in [1.82, 2.24) is 10.6 Å². The second kappa shape index (κ2) is 8.53. The van der Waals surface area contributed by atoms with Crippen molar-refractivity contribution in [3.05, 3.63) is 29.6 Å². The second-order valence-corrected chi connectivity index (χ2v) is 4.65. The predicted molar refractivity (Wildman–Crippen MR) is 80.4 cm³/mol. The van der Waals surface area contributed by atoms with Crippen LogP contribution in [0.5, 0.6) is 0 Å². The highest BCUT2D eigenvalue weighted by Crippen LogP contribution is 2.22. The molecule has 0 spiro atoms. The maximum Gasteiger partial charge on any atom is 0.239 e. The molecule has 0 aliphatic rings. The summed E-state index contributed by atoms with van der Waals surface area (Å²) < 4.78 is 13.4. The quantitative estimate of drug-likeness (QED) is 0.765. The predicted octanol–water partition coefficient (Wildman–Crippen LogP) is 1.90. The van der Waals surface area contributed by atoms with Crippen LogP contribution in [0.4, 0.5) is 10.1 Å². The van der Waals surface area contributed by atoms with Gasteiger partial charge in [-0.1, -0.05) is 13.8 Å². The van der Waals surface area contributed by atoms with E-state index in [9.17, 15) is 9.18 Å². The third kappa shape index (κ3) is 4.81. The van der Waals surface area contributed by atoms with Gasteiger partial charge in [-0.05, 0) is 36.7 Å². The summed E-state index contributed by atoms with van der Waals surface area (Å²) in [6.07, 6.45) is 0.926. The van der Waals surface area contributed by atoms with Crippen LogP contribution in [0.25, 0.3) is 0 Å². The highest BCUT2D eigenvalue weighted by molar-refractivity contribution is 5.81. The Balaban J connectivity index is 3.00. The molecule has 0 atom stereocenters. The number of anilines is 1. The molecular weight excluding hydrogens is 257 g/mol. The highest BCUT2D eigenvalue weighted by atomic mass is 19.1. The summed E-state index contributed by atoms with van der Waals surface area (Å²) >= 11 is 0. The number of carbonyl (C=O) groups is 1. The van der Waals surface area contributed by atoms with Crippen LogP contribution in [0.3, 0.4) is 0 Å². The Labute approximate surface area is 120 Å². The lowest BCUT2D eigenvalue weighted by Gasteiger charge is -2.26. The van der Waals surface area contributed by atoms with E-state index in [0.29, 0.717) is 6.54 Å². The largest absolute Gasteiger partial charge is 0.362 e. The van der Waals surface area contributed by atoms with Gasteiger partial charge in [0.2, 0.25) is 5.91 Å². The molecule has 0 heterocycles. The number of nitrogens with one attached hydrogen (secondary N) is 2. The Bertz CT molecular complexity index is 437. The van der Waals surface area contributed by atoms with Gasteiger partial charge in [0.05, 0.1) is 6.54 Å². The van der Waals surface area contributed by atoms with Crippen molar-refractivity contribution in [2.45, 2.75) is 26.8 Å². The molecule has 0 saturated carbocycles. The van der Waals surface area contributed by atoms with E-state index in [1.807, 2.05) is 11.8 Å². The molecule has 1 amide bonds. The van der Waals surface area contributed by atoms with Gasteiger partial charge in [-0.3, -0.25) is 4.79 Å². The Hall–Kier alpha value is -1.62. The first-order valence-corrected chi connectivity index (χ1v) is 7.07. The van der Waals surface area contributed by atoms with Crippen LogP contribution in [0.2, 0.25) is 0 Å². The average Bonchev–Trinajstić information content (AvgIpc) is 2.44. The summed E-state index contributed by atoms with van der Waals surface area (Å²) in [5, 5.41) is 5.83. The van der Waals surface area contributed by atoms with Crippen LogP contribution < -0.4 is 15.5 Å². The van der Waals surface area contributed by atoms with Crippen LogP contribution in [0.15, 0.2) is 18.2 Å². The fourth-order valence-corrected chi connectivity index (χ4v) is 2.07. The lowest BCUT2D eigenvalue weighted by Crippen LogP contribution is -2.37. The first-order chi connectivity index (χ1) is 9.62. The molecule has 0 aromatic heterocycles. The Kier molecular flexibility index (Phi) is 7.01. The molecular formula is C15H24FN3O. The molecule has 0 fully saturated rings. The number of halogens is 1. The number of rotatable bonds is 8. The molecule has 4 nitrogen and oxygen atoms in total. The lowest BCUT2D eigenvalue weighted by atomic mass is 10.1. The molecule has 0 saturated heterocycles. The number of likely N-dealkylation sites (N-methyl/N-ethyl adjacent to an activating group) is 1. The van der Waals surface area contributed by atoms with Gasteiger partial charge in [-0.2, -0.15) is 0 Å². The van der Waals surface area contributed by atoms with Crippen molar-refractivity contribution in [2.24, 2.45) is 0 Å². The number of benzene rings is 1. The van der Waals surface area contributed by atoms with Gasteiger partial charge in [0, 0.05) is 25.8 Å². The maximum atomic E-state index is 13.4. The number of hydrogen-bond donors (Lipinski definition) is 2. The highest BCUT2D eigenvalue weighted by Gasteiger charge is 2.14. The second-order valence-electron chi connectivity index (χ2n) is 4.65. The van der Waals surface area contributed by atoms with Gasteiger partial charge in [0.1, 0.15) is 5.82 Å². The summed E-state index contributed by atoms with van der Waals surface area (Å²) in [5.41, 5.74) is 1.79. The van der Waals surface area contributed by atoms with Gasteiger partial charge in [-0.25, -0.2) is 4.39 Å². The number of carbonyl (C=O) groups excluding carboxylic acids is 1. The molecule has 0 radical (unpaired) electrons. The van der Waals surface area contributed by atoms with E-state index in [0.717, 1.165) is 30.8 Å². The number of hydrogen-bond acceptors (Lipinski definition) is 3. The van der Waals surface area contributed by atoms with E-state index >= 15 is 0 Å². The molecule has 0 aliphatic carbocycles. The molecule has 1 aromatic carbocycles. The van der Waals surface area contributed by atoms with Crippen LogP contribution in [-0.2, 0) is 11.3 Å². The normalized spacial score (nSPS) is 10.4. The summed E-state index contributed by atoms with van der Waals surface area (Å²) in [5.74, 6) is -0.296. The molecule has 0 unspecified atom stereocenters. The van der Waals surface area contributed by atoms with Crippen LogP contribution in [0, 0.1) is 5.82 Å². The first-order valence-electron chi connectivity index (χ1n) is 7.07. The Morgan fingerprint density at radius 1 is 1.35 bits per heavy atom. The maximum absolute atomic E-state index is 13.4. The minimum atomic E-state index is -0.252. The van der Waals surface area contributed by atoms with Gasteiger partial charge in [0.15, 0.2) is 0 Å². The Morgan fingerprint density at radius 3 is 2.70 bits per heavy atom. The van der Waals surface area contributed by atoms with E-state index in [2.05, 4.69) is 17.6 Å². The average molecular weight is 281 g/mol. The van der Waals surface area contributed by atoms with E-state index in [1.54, 1.807) is 13.1 Å². The van der Waals surface area contributed by atoms with Crippen molar-refractivity contribution < 1.29 is 9.18 Å². The van der Waals surface area contributed by atoms with Crippen LogP contribution in [0.1, 0.15) is 25.8 Å². The van der Waals surface area contributed by atoms with Crippen LogP contribution >= 0.6 is 0 Å². The van der Waals surface area contributed by atoms with Crippen LogP contribution in [-0.4, -0.2) is 32.6 Å². The van der Waals surface area contributed by atoms with Crippen molar-refractivity contribution in [2.75, 3.05) is 31.6 Å². The standard InChI is InChI=1S/C15H24FN3O/c1-4-8-19(11-15(20)17-3)14-7-6-13(16)9-12(14)10-18-5-2/h6-7,9,18H,4-5,8,10-11H2,1-3H3,(H,17,20). The fourth-order valence-electron chi connectivity index (χ4n) is 2.07. The zero-order chi connectivity index (χ0) is 15.0. The summed E-state index contributed by atoms with van der Waals surface area (Å²) in [4.78, 5) is 13.6. The van der Waals surface area contributed by atoms with E-state index in [-0.39, 0.29) is 18.3 Å². The summed E-state index contributed by atoms with van der Waals surface area (Å²) in [7, 11) is 1.62. The fraction of sp³-hybridized carbons (Fsp3) is 0.533. The Morgan fingerprint density at radius 2 is 2.10 bits per heavy atom. The van der Waals surface area contributed by atoms with Crippen molar-refractivity contribution in [3.63, 3.8) is 0 Å². The van der Waals surface area contributed by atoms with E-state index in [4.69, 9.17) is 0 Å². The van der Waals surface area contributed by atoms with Gasteiger partial charge >= 0.3 is 0 Å². The number of amides is 1. The first kappa shape index (κ1) is 16.4. The molecule has 20 heavy (non-hydrogen) atoms.